The lowest BCUT2D eigenvalue weighted by Crippen LogP contribution is -2.39. The molecule has 0 spiro atoms. The summed E-state index contributed by atoms with van der Waals surface area (Å²) in [5.41, 5.74) is 7.15. The molecule has 0 aromatic heterocycles. The Bertz CT molecular complexity index is 426. The molecule has 0 heterocycles. The summed E-state index contributed by atoms with van der Waals surface area (Å²) >= 11 is 0. The van der Waals surface area contributed by atoms with Crippen LogP contribution >= 0.6 is 0 Å². The molecule has 0 amide bonds. The van der Waals surface area contributed by atoms with Gasteiger partial charge in [0.15, 0.2) is 0 Å². The third kappa shape index (κ3) is 4.21. The Morgan fingerprint density at radius 1 is 1.42 bits per heavy atom. The highest BCUT2D eigenvalue weighted by atomic mass is 16.6. The first-order chi connectivity index (χ1) is 9.15. The van der Waals surface area contributed by atoms with E-state index in [0.717, 1.165) is 37.8 Å². The topological polar surface area (TPSA) is 81.2 Å². The molecule has 5 nitrogen and oxygen atoms in total. The smallest absolute Gasteiger partial charge is 0.252 e. The number of hydrogen-bond acceptors (Lipinski definition) is 4. The Kier molecular flexibility index (Phi) is 4.74. The number of nitrogens with two attached hydrogens (primary N) is 1. The van der Waals surface area contributed by atoms with Crippen LogP contribution in [-0.2, 0) is 0 Å². The summed E-state index contributed by atoms with van der Waals surface area (Å²) in [6, 6.07) is 0.609. The number of nitro groups is 1. The van der Waals surface area contributed by atoms with Crippen molar-refractivity contribution in [1.29, 1.82) is 0 Å². The lowest BCUT2D eigenvalue weighted by molar-refractivity contribution is -0.427. The summed E-state index contributed by atoms with van der Waals surface area (Å²) in [7, 11) is 0. The average molecular weight is 263 g/mol. The standard InChI is InChI=1S/C14H21N3O2/c15-11-5-4-7-12(9-11)16-13-6-2-1-3-8-14(10-13)17(18)19/h1,3,6,8,11-12,16H,2,4-5,7,9-10,15H2/b3-1?,13-6+,14-8+. The van der Waals surface area contributed by atoms with Gasteiger partial charge in [0.2, 0.25) is 0 Å². The second kappa shape index (κ2) is 6.52. The number of nitrogens with one attached hydrogen (secondary N) is 1. The molecular weight excluding hydrogens is 242 g/mol. The minimum absolute atomic E-state index is 0.231. The fourth-order valence-corrected chi connectivity index (χ4v) is 2.65. The molecule has 2 aliphatic carbocycles. The zero-order valence-corrected chi connectivity index (χ0v) is 11.0. The Balaban J connectivity index is 2.00. The van der Waals surface area contributed by atoms with E-state index < -0.39 is 0 Å². The van der Waals surface area contributed by atoms with Gasteiger partial charge in [0.1, 0.15) is 0 Å². The van der Waals surface area contributed by atoms with Gasteiger partial charge >= 0.3 is 0 Å². The molecule has 1 fully saturated rings. The zero-order valence-electron chi connectivity index (χ0n) is 11.0. The van der Waals surface area contributed by atoms with Gasteiger partial charge in [-0.2, -0.15) is 0 Å². The van der Waals surface area contributed by atoms with Gasteiger partial charge in [-0.05, 0) is 32.1 Å². The molecule has 1 saturated carbocycles. The van der Waals surface area contributed by atoms with Crippen molar-refractivity contribution in [3.05, 3.63) is 45.8 Å². The van der Waals surface area contributed by atoms with E-state index in [4.69, 9.17) is 5.73 Å². The molecule has 2 atom stereocenters. The van der Waals surface area contributed by atoms with Crippen LogP contribution in [0.2, 0.25) is 0 Å². The highest BCUT2D eigenvalue weighted by Gasteiger charge is 2.21. The third-order valence-corrected chi connectivity index (χ3v) is 3.64. The highest BCUT2D eigenvalue weighted by Crippen LogP contribution is 2.20. The molecule has 2 aliphatic rings. The first-order valence-electron chi connectivity index (χ1n) is 6.86. The first kappa shape index (κ1) is 13.8. The van der Waals surface area contributed by atoms with Gasteiger partial charge < -0.3 is 11.1 Å². The van der Waals surface area contributed by atoms with E-state index in [9.17, 15) is 10.1 Å². The van der Waals surface area contributed by atoms with Gasteiger partial charge in [-0.1, -0.05) is 18.2 Å². The maximum Gasteiger partial charge on any atom is 0.252 e. The molecule has 0 aromatic carbocycles. The van der Waals surface area contributed by atoms with E-state index >= 15 is 0 Å². The van der Waals surface area contributed by atoms with Crippen LogP contribution in [0.15, 0.2) is 35.7 Å². The molecule has 0 saturated heterocycles. The fraction of sp³-hybridized carbons (Fsp3) is 0.571. The van der Waals surface area contributed by atoms with Crippen molar-refractivity contribution in [2.75, 3.05) is 0 Å². The van der Waals surface area contributed by atoms with Crippen molar-refractivity contribution in [3.8, 4) is 0 Å². The van der Waals surface area contributed by atoms with E-state index in [2.05, 4.69) is 5.32 Å². The normalized spacial score (nSPS) is 33.3. The number of nitrogens with zero attached hydrogens (tertiary/aromatic N) is 1. The molecule has 3 N–H and O–H groups in total. The maximum atomic E-state index is 10.9. The van der Waals surface area contributed by atoms with Crippen LogP contribution in [0.3, 0.4) is 0 Å². The Hall–Kier alpha value is -1.62. The largest absolute Gasteiger partial charge is 0.385 e. The van der Waals surface area contributed by atoms with Crippen molar-refractivity contribution in [1.82, 2.24) is 5.32 Å². The van der Waals surface area contributed by atoms with E-state index in [1.807, 2.05) is 12.2 Å². The van der Waals surface area contributed by atoms with Crippen LogP contribution in [0.25, 0.3) is 0 Å². The van der Waals surface area contributed by atoms with Gasteiger partial charge in [0.05, 0.1) is 11.3 Å². The van der Waals surface area contributed by atoms with Crippen molar-refractivity contribution in [3.63, 3.8) is 0 Å². The summed E-state index contributed by atoms with van der Waals surface area (Å²) < 4.78 is 0. The van der Waals surface area contributed by atoms with E-state index in [1.165, 1.54) is 0 Å². The van der Waals surface area contributed by atoms with E-state index in [1.54, 1.807) is 12.2 Å². The average Bonchev–Trinajstić information content (AvgIpc) is 2.32. The summed E-state index contributed by atoms with van der Waals surface area (Å²) in [5, 5.41) is 14.4. The number of allylic oxidation sites excluding steroid dienone is 4. The second-order valence-corrected chi connectivity index (χ2v) is 5.25. The predicted molar refractivity (Wildman–Crippen MR) is 74.9 cm³/mol. The SMILES string of the molecule is NC1CCCC(N/C2=C/CC=C/C=C(/[N+](=O)[O-])C2)C1. The third-order valence-electron chi connectivity index (χ3n) is 3.64. The van der Waals surface area contributed by atoms with Crippen LogP contribution in [0, 0.1) is 10.1 Å². The van der Waals surface area contributed by atoms with Gasteiger partial charge in [-0.25, -0.2) is 0 Å². The molecule has 0 radical (unpaired) electrons. The van der Waals surface area contributed by atoms with Gasteiger partial charge in [0, 0.05) is 23.9 Å². The minimum Gasteiger partial charge on any atom is -0.385 e. The molecule has 0 aliphatic heterocycles. The molecule has 0 aromatic rings. The molecule has 2 rings (SSSR count). The van der Waals surface area contributed by atoms with Crippen molar-refractivity contribution in [2.24, 2.45) is 5.73 Å². The van der Waals surface area contributed by atoms with Crippen LogP contribution < -0.4 is 11.1 Å². The van der Waals surface area contributed by atoms with Gasteiger partial charge in [0.25, 0.3) is 5.70 Å². The van der Waals surface area contributed by atoms with Gasteiger partial charge in [-0.3, -0.25) is 10.1 Å². The van der Waals surface area contributed by atoms with Crippen LogP contribution in [0.4, 0.5) is 0 Å². The summed E-state index contributed by atoms with van der Waals surface area (Å²) in [5.74, 6) is 0. The monoisotopic (exact) mass is 263 g/mol. The summed E-state index contributed by atoms with van der Waals surface area (Å²) in [6.07, 6.45) is 12.7. The van der Waals surface area contributed by atoms with E-state index in [-0.39, 0.29) is 16.7 Å². The zero-order chi connectivity index (χ0) is 13.7. The maximum absolute atomic E-state index is 10.9. The lowest BCUT2D eigenvalue weighted by atomic mass is 9.91. The quantitative estimate of drug-likeness (QED) is 0.604. The minimum atomic E-state index is -0.308. The molecule has 2 unspecified atom stereocenters. The van der Waals surface area contributed by atoms with Crippen molar-refractivity contribution >= 4 is 0 Å². The summed E-state index contributed by atoms with van der Waals surface area (Å²) in [6.45, 7) is 0. The van der Waals surface area contributed by atoms with Crippen LogP contribution in [0.1, 0.15) is 38.5 Å². The predicted octanol–water partition coefficient (Wildman–Crippen LogP) is 2.24. The molecule has 0 bridgehead atoms. The fourth-order valence-electron chi connectivity index (χ4n) is 2.65. The molecule has 19 heavy (non-hydrogen) atoms. The number of hydrogen-bond donors (Lipinski definition) is 2. The van der Waals surface area contributed by atoms with Crippen molar-refractivity contribution < 1.29 is 4.92 Å². The van der Waals surface area contributed by atoms with E-state index in [0.29, 0.717) is 12.5 Å². The number of rotatable bonds is 3. The van der Waals surface area contributed by atoms with Crippen molar-refractivity contribution in [2.45, 2.75) is 50.6 Å². The van der Waals surface area contributed by atoms with Crippen LogP contribution in [0.5, 0.6) is 0 Å². The van der Waals surface area contributed by atoms with Crippen LogP contribution in [-0.4, -0.2) is 17.0 Å². The molecule has 5 heteroatoms. The Morgan fingerprint density at radius 2 is 2.26 bits per heavy atom. The lowest BCUT2D eigenvalue weighted by Gasteiger charge is -2.29. The Morgan fingerprint density at radius 3 is 3.00 bits per heavy atom. The Labute approximate surface area is 113 Å². The summed E-state index contributed by atoms with van der Waals surface area (Å²) in [4.78, 5) is 10.6. The highest BCUT2D eigenvalue weighted by molar-refractivity contribution is 5.19. The first-order valence-corrected chi connectivity index (χ1v) is 6.86. The molecular formula is C14H21N3O2. The van der Waals surface area contributed by atoms with Gasteiger partial charge in [-0.15, -0.1) is 0 Å². The molecule has 104 valence electrons. The second-order valence-electron chi connectivity index (χ2n) is 5.25.